The molecule has 26 heavy (non-hydrogen) atoms. The first-order chi connectivity index (χ1) is 12.7. The lowest BCUT2D eigenvalue weighted by Crippen LogP contribution is -2.06. The van der Waals surface area contributed by atoms with Gasteiger partial charge in [0.2, 0.25) is 0 Å². The molecule has 0 aliphatic heterocycles. The minimum Gasteiger partial charge on any atom is -0.497 e. The number of ether oxygens (including phenoxy) is 3. The Morgan fingerprint density at radius 2 is 1.73 bits per heavy atom. The van der Waals surface area contributed by atoms with Gasteiger partial charge in [-0.3, -0.25) is 4.99 Å². The normalized spacial score (nSPS) is 11.6. The Hall–Kier alpha value is -2.99. The van der Waals surface area contributed by atoms with E-state index in [0.29, 0.717) is 35.1 Å². The van der Waals surface area contributed by atoms with Crippen LogP contribution < -0.4 is 19.6 Å². The van der Waals surface area contributed by atoms with Crippen LogP contribution in [0.3, 0.4) is 0 Å². The predicted molar refractivity (Wildman–Crippen MR) is 98.8 cm³/mol. The molecule has 0 unspecified atom stereocenters. The topological polar surface area (TPSA) is 73.4 Å². The first kappa shape index (κ1) is 17.8. The minimum atomic E-state index is -0.0246. The van der Waals surface area contributed by atoms with Crippen molar-refractivity contribution in [3.63, 3.8) is 0 Å². The zero-order chi connectivity index (χ0) is 18.5. The van der Waals surface area contributed by atoms with E-state index >= 15 is 0 Å². The number of fused-ring (bicyclic) bond motifs is 1. The molecule has 0 spiro atoms. The summed E-state index contributed by atoms with van der Waals surface area (Å²) in [6.45, 7) is 0.283. The van der Waals surface area contributed by atoms with Crippen molar-refractivity contribution in [2.75, 3.05) is 34.5 Å². The lowest BCUT2D eigenvalue weighted by molar-refractivity contribution is 0.306. The fraction of sp³-hybridized carbons (Fsp3) is 0.250. The molecule has 136 valence electrons. The maximum Gasteiger partial charge on any atom is 0.161 e. The van der Waals surface area contributed by atoms with Crippen molar-refractivity contribution in [3.8, 4) is 28.6 Å². The molecule has 0 fully saturated rings. The molecule has 6 heteroatoms. The summed E-state index contributed by atoms with van der Waals surface area (Å²) in [4.78, 5) is 4.47. The third kappa shape index (κ3) is 3.50. The standard InChI is InChI=1S/C20H21NO5/c1-23-14-5-7-17-15(11-14)16(21-8-9-22)12-19(26-17)13-4-6-18(24-2)20(10-13)25-3/h4-7,10-12,22H,8-9H2,1-3H3. The van der Waals surface area contributed by atoms with Crippen LogP contribution in [0.4, 0.5) is 0 Å². The van der Waals surface area contributed by atoms with E-state index in [-0.39, 0.29) is 6.61 Å². The van der Waals surface area contributed by atoms with Gasteiger partial charge < -0.3 is 23.7 Å². The second-order valence-electron chi connectivity index (χ2n) is 5.53. The van der Waals surface area contributed by atoms with E-state index in [0.717, 1.165) is 16.3 Å². The van der Waals surface area contributed by atoms with E-state index in [4.69, 9.17) is 23.7 Å². The number of rotatable bonds is 6. The van der Waals surface area contributed by atoms with Crippen molar-refractivity contribution < 1.29 is 23.7 Å². The minimum absolute atomic E-state index is 0.0246. The van der Waals surface area contributed by atoms with E-state index in [2.05, 4.69) is 4.99 Å². The smallest absolute Gasteiger partial charge is 0.161 e. The van der Waals surface area contributed by atoms with E-state index in [1.807, 2.05) is 42.5 Å². The van der Waals surface area contributed by atoms with Crippen LogP contribution in [0.25, 0.3) is 22.3 Å². The largest absolute Gasteiger partial charge is 0.497 e. The van der Waals surface area contributed by atoms with Gasteiger partial charge in [-0.1, -0.05) is 0 Å². The zero-order valence-electron chi connectivity index (χ0n) is 15.0. The molecule has 0 radical (unpaired) electrons. The summed E-state index contributed by atoms with van der Waals surface area (Å²) in [5, 5.41) is 10.7. The highest BCUT2D eigenvalue weighted by Crippen LogP contribution is 2.33. The maximum absolute atomic E-state index is 9.14. The van der Waals surface area contributed by atoms with Gasteiger partial charge >= 0.3 is 0 Å². The number of nitrogens with zero attached hydrogens (tertiary/aromatic N) is 1. The molecular weight excluding hydrogens is 334 g/mol. The lowest BCUT2D eigenvalue weighted by atomic mass is 10.1. The third-order valence-corrected chi connectivity index (χ3v) is 4.00. The quantitative estimate of drug-likeness (QED) is 0.736. The molecule has 0 saturated heterocycles. The molecule has 0 aliphatic carbocycles. The van der Waals surface area contributed by atoms with E-state index in [1.54, 1.807) is 21.3 Å². The van der Waals surface area contributed by atoms with Crippen LogP contribution in [-0.2, 0) is 0 Å². The molecule has 3 aromatic rings. The van der Waals surface area contributed by atoms with Crippen LogP contribution in [0.5, 0.6) is 17.2 Å². The molecule has 2 aromatic carbocycles. The van der Waals surface area contributed by atoms with Gasteiger partial charge in [-0.2, -0.15) is 0 Å². The number of hydrogen-bond acceptors (Lipinski definition) is 6. The molecule has 3 rings (SSSR count). The summed E-state index contributed by atoms with van der Waals surface area (Å²) in [5.41, 5.74) is 1.51. The first-order valence-corrected chi connectivity index (χ1v) is 8.15. The van der Waals surface area contributed by atoms with Crippen molar-refractivity contribution in [2.24, 2.45) is 4.99 Å². The van der Waals surface area contributed by atoms with Gasteiger partial charge in [-0.25, -0.2) is 0 Å². The number of aliphatic hydroxyl groups is 1. The fourth-order valence-electron chi connectivity index (χ4n) is 2.71. The lowest BCUT2D eigenvalue weighted by Gasteiger charge is -2.10. The average Bonchev–Trinajstić information content (AvgIpc) is 2.70. The van der Waals surface area contributed by atoms with Crippen LogP contribution in [0.2, 0.25) is 0 Å². The predicted octanol–water partition coefficient (Wildman–Crippen LogP) is 3.02. The second kappa shape index (κ2) is 7.93. The zero-order valence-corrected chi connectivity index (χ0v) is 15.0. The van der Waals surface area contributed by atoms with E-state index < -0.39 is 0 Å². The van der Waals surface area contributed by atoms with Crippen LogP contribution >= 0.6 is 0 Å². The van der Waals surface area contributed by atoms with Gasteiger partial charge in [0.1, 0.15) is 17.1 Å². The monoisotopic (exact) mass is 355 g/mol. The maximum atomic E-state index is 9.14. The summed E-state index contributed by atoms with van der Waals surface area (Å²) < 4.78 is 22.0. The molecule has 1 N–H and O–H groups in total. The summed E-state index contributed by atoms with van der Waals surface area (Å²) >= 11 is 0. The van der Waals surface area contributed by atoms with Gasteiger partial charge in [-0.05, 0) is 36.4 Å². The molecule has 0 atom stereocenters. The van der Waals surface area contributed by atoms with Gasteiger partial charge in [0.15, 0.2) is 11.5 Å². The highest BCUT2D eigenvalue weighted by molar-refractivity contribution is 5.80. The van der Waals surface area contributed by atoms with Crippen molar-refractivity contribution >= 4 is 11.0 Å². The average molecular weight is 355 g/mol. The van der Waals surface area contributed by atoms with Gasteiger partial charge in [0.25, 0.3) is 0 Å². The molecule has 0 aliphatic rings. The van der Waals surface area contributed by atoms with Crippen LogP contribution in [-0.4, -0.2) is 39.6 Å². The Balaban J connectivity index is 2.21. The Morgan fingerprint density at radius 3 is 2.42 bits per heavy atom. The molecule has 1 aromatic heterocycles. The molecule has 0 amide bonds. The van der Waals surface area contributed by atoms with Crippen LogP contribution in [0, 0.1) is 0 Å². The first-order valence-electron chi connectivity index (χ1n) is 8.15. The summed E-state index contributed by atoms with van der Waals surface area (Å²) in [6, 6.07) is 13.0. The Morgan fingerprint density at radius 1 is 0.923 bits per heavy atom. The van der Waals surface area contributed by atoms with E-state index in [9.17, 15) is 0 Å². The summed E-state index contributed by atoms with van der Waals surface area (Å²) in [7, 11) is 4.80. The summed E-state index contributed by atoms with van der Waals surface area (Å²) in [6.07, 6.45) is 0. The number of methoxy groups -OCH3 is 3. The van der Waals surface area contributed by atoms with Crippen molar-refractivity contribution in [1.82, 2.24) is 0 Å². The van der Waals surface area contributed by atoms with Gasteiger partial charge in [0, 0.05) is 17.0 Å². The Kier molecular flexibility index (Phi) is 5.43. The molecular formula is C20H21NO5. The number of aliphatic hydroxyl groups excluding tert-OH is 1. The Labute approximate surface area is 151 Å². The Bertz CT molecular complexity index is 978. The van der Waals surface area contributed by atoms with Gasteiger partial charge in [-0.15, -0.1) is 0 Å². The third-order valence-electron chi connectivity index (χ3n) is 4.00. The number of benzene rings is 2. The van der Waals surface area contributed by atoms with Crippen LogP contribution in [0.1, 0.15) is 0 Å². The van der Waals surface area contributed by atoms with Crippen molar-refractivity contribution in [2.45, 2.75) is 0 Å². The molecule has 1 heterocycles. The molecule has 6 nitrogen and oxygen atoms in total. The summed E-state index contributed by atoms with van der Waals surface area (Å²) in [5.74, 6) is 2.61. The van der Waals surface area contributed by atoms with Crippen LogP contribution in [0.15, 0.2) is 51.9 Å². The highest BCUT2D eigenvalue weighted by atomic mass is 16.5. The number of hydrogen-bond donors (Lipinski definition) is 1. The molecule has 0 saturated carbocycles. The highest BCUT2D eigenvalue weighted by Gasteiger charge is 2.11. The fourth-order valence-corrected chi connectivity index (χ4v) is 2.71. The second-order valence-corrected chi connectivity index (χ2v) is 5.53. The molecule has 0 bridgehead atoms. The van der Waals surface area contributed by atoms with Gasteiger partial charge in [0.05, 0.1) is 39.8 Å². The van der Waals surface area contributed by atoms with E-state index in [1.165, 1.54) is 0 Å². The SMILES string of the molecule is COc1ccc2oc(-c3ccc(OC)c(OC)c3)cc(=NCCO)c2c1. The van der Waals surface area contributed by atoms with Crippen molar-refractivity contribution in [1.29, 1.82) is 0 Å². The van der Waals surface area contributed by atoms with Crippen molar-refractivity contribution in [3.05, 3.63) is 47.8 Å².